The Balaban J connectivity index is 1.64. The van der Waals surface area contributed by atoms with Crippen LogP contribution in [0.2, 0.25) is 0 Å². The zero-order chi connectivity index (χ0) is 13.2. The predicted molar refractivity (Wildman–Crippen MR) is 75.5 cm³/mol. The number of carbonyl (C=O) groups is 1. The van der Waals surface area contributed by atoms with E-state index in [9.17, 15) is 4.79 Å². The van der Waals surface area contributed by atoms with E-state index in [4.69, 9.17) is 4.74 Å². The van der Waals surface area contributed by atoms with E-state index in [0.717, 1.165) is 29.6 Å². The van der Waals surface area contributed by atoms with Gasteiger partial charge in [-0.15, -0.1) is 0 Å². The second-order valence-electron chi connectivity index (χ2n) is 4.81. The normalized spacial score (nSPS) is 19.0. The van der Waals surface area contributed by atoms with Crippen LogP contribution in [0.15, 0.2) is 24.3 Å². The van der Waals surface area contributed by atoms with E-state index < -0.39 is 0 Å². The summed E-state index contributed by atoms with van der Waals surface area (Å²) in [5.41, 5.74) is 0.921. The number of thiazole rings is 1. The molecule has 1 atom stereocenters. The molecule has 3 rings (SSSR count). The maximum Gasteiger partial charge on any atom is 0.274 e. The third-order valence-corrected chi connectivity index (χ3v) is 4.42. The van der Waals surface area contributed by atoms with Crippen molar-refractivity contribution >= 4 is 27.5 Å². The van der Waals surface area contributed by atoms with Gasteiger partial charge in [-0.1, -0.05) is 23.5 Å². The lowest BCUT2D eigenvalue weighted by molar-refractivity contribution is -0.133. The summed E-state index contributed by atoms with van der Waals surface area (Å²) >= 11 is 1.48. The second-order valence-corrected chi connectivity index (χ2v) is 5.81. The van der Waals surface area contributed by atoms with E-state index in [1.165, 1.54) is 11.3 Å². The first kappa shape index (κ1) is 12.4. The van der Waals surface area contributed by atoms with E-state index in [1.54, 1.807) is 0 Å². The van der Waals surface area contributed by atoms with Crippen LogP contribution in [-0.2, 0) is 4.79 Å². The Labute approximate surface area is 116 Å². The summed E-state index contributed by atoms with van der Waals surface area (Å²) in [6.07, 6.45) is 2.18. The molecule has 1 unspecified atom stereocenters. The first-order valence-corrected chi connectivity index (χ1v) is 7.33. The monoisotopic (exact) mass is 276 g/mol. The van der Waals surface area contributed by atoms with Crippen LogP contribution < -0.4 is 4.74 Å². The van der Waals surface area contributed by atoms with E-state index in [2.05, 4.69) is 11.9 Å². The number of fused-ring (bicyclic) bond motifs is 1. The lowest BCUT2D eigenvalue weighted by Gasteiger charge is -2.20. The largest absolute Gasteiger partial charge is 0.460 e. The topological polar surface area (TPSA) is 42.4 Å². The number of hydrogen-bond donors (Lipinski definition) is 0. The average Bonchev–Trinajstić information content (AvgIpc) is 3.01. The number of ether oxygens (including phenoxy) is 1. The van der Waals surface area contributed by atoms with Gasteiger partial charge in [0.1, 0.15) is 0 Å². The highest BCUT2D eigenvalue weighted by atomic mass is 32.1. The van der Waals surface area contributed by atoms with Crippen LogP contribution in [0.4, 0.5) is 0 Å². The molecule has 0 aliphatic carbocycles. The molecule has 0 radical (unpaired) electrons. The molecule has 19 heavy (non-hydrogen) atoms. The van der Waals surface area contributed by atoms with Gasteiger partial charge < -0.3 is 9.64 Å². The average molecular weight is 276 g/mol. The van der Waals surface area contributed by atoms with E-state index in [0.29, 0.717) is 11.2 Å². The lowest BCUT2D eigenvalue weighted by Crippen LogP contribution is -2.37. The smallest absolute Gasteiger partial charge is 0.274 e. The first-order chi connectivity index (χ1) is 9.24. The minimum absolute atomic E-state index is 0.0595. The van der Waals surface area contributed by atoms with E-state index in [-0.39, 0.29) is 12.5 Å². The predicted octanol–water partition coefficient (Wildman–Crippen LogP) is 2.69. The Hall–Kier alpha value is -1.62. The standard InChI is InChI=1S/C14H16N2O2S/c1-10-5-4-8-16(10)13(17)9-18-14-15-11-6-2-3-7-12(11)19-14/h2-3,6-7,10H,4-5,8-9H2,1H3. The fraction of sp³-hybridized carbons (Fsp3) is 0.429. The van der Waals surface area contributed by atoms with Crippen molar-refractivity contribution in [1.82, 2.24) is 9.88 Å². The molecule has 1 aromatic carbocycles. The molecular weight excluding hydrogens is 260 g/mol. The molecule has 5 heteroatoms. The van der Waals surface area contributed by atoms with Crippen molar-refractivity contribution < 1.29 is 9.53 Å². The van der Waals surface area contributed by atoms with Gasteiger partial charge in [0.15, 0.2) is 6.61 Å². The number of rotatable bonds is 3. The zero-order valence-electron chi connectivity index (χ0n) is 10.8. The summed E-state index contributed by atoms with van der Waals surface area (Å²) in [6.45, 7) is 3.02. The molecule has 1 fully saturated rings. The Morgan fingerprint density at radius 2 is 2.37 bits per heavy atom. The fourth-order valence-corrected chi connectivity index (χ4v) is 3.24. The van der Waals surface area contributed by atoms with Crippen molar-refractivity contribution in [3.05, 3.63) is 24.3 Å². The van der Waals surface area contributed by atoms with Gasteiger partial charge in [0.2, 0.25) is 0 Å². The zero-order valence-corrected chi connectivity index (χ0v) is 11.7. The quantitative estimate of drug-likeness (QED) is 0.865. The van der Waals surface area contributed by atoms with Crippen molar-refractivity contribution in [1.29, 1.82) is 0 Å². The summed E-state index contributed by atoms with van der Waals surface area (Å²) < 4.78 is 6.61. The molecular formula is C14H16N2O2S. The van der Waals surface area contributed by atoms with Gasteiger partial charge in [0.25, 0.3) is 11.1 Å². The number of amides is 1. The summed E-state index contributed by atoms with van der Waals surface area (Å²) in [7, 11) is 0. The number of para-hydroxylation sites is 1. The number of carbonyl (C=O) groups excluding carboxylic acids is 1. The summed E-state index contributed by atoms with van der Waals surface area (Å²) in [5, 5.41) is 0.571. The number of hydrogen-bond acceptors (Lipinski definition) is 4. The summed E-state index contributed by atoms with van der Waals surface area (Å²) in [6, 6.07) is 8.21. The van der Waals surface area contributed by atoms with Crippen molar-refractivity contribution in [3.8, 4) is 5.19 Å². The van der Waals surface area contributed by atoms with E-state index >= 15 is 0 Å². The van der Waals surface area contributed by atoms with Gasteiger partial charge in [-0.05, 0) is 31.9 Å². The summed E-state index contributed by atoms with van der Waals surface area (Å²) in [5.74, 6) is 0.0595. The van der Waals surface area contributed by atoms with Gasteiger partial charge in [0, 0.05) is 12.6 Å². The van der Waals surface area contributed by atoms with Crippen LogP contribution in [0.5, 0.6) is 5.19 Å². The second kappa shape index (κ2) is 5.17. The molecule has 0 spiro atoms. The Morgan fingerprint density at radius 3 is 3.11 bits per heavy atom. The van der Waals surface area contributed by atoms with Crippen LogP contribution in [0.25, 0.3) is 10.2 Å². The summed E-state index contributed by atoms with van der Waals surface area (Å²) in [4.78, 5) is 18.3. The number of nitrogens with zero attached hydrogens (tertiary/aromatic N) is 2. The minimum Gasteiger partial charge on any atom is -0.460 e. The van der Waals surface area contributed by atoms with Crippen LogP contribution in [0.3, 0.4) is 0 Å². The molecule has 1 saturated heterocycles. The lowest BCUT2D eigenvalue weighted by atomic mass is 10.2. The highest BCUT2D eigenvalue weighted by molar-refractivity contribution is 7.20. The van der Waals surface area contributed by atoms with E-state index in [1.807, 2.05) is 29.2 Å². The molecule has 1 aliphatic heterocycles. The first-order valence-electron chi connectivity index (χ1n) is 6.52. The van der Waals surface area contributed by atoms with Crippen molar-refractivity contribution in [2.24, 2.45) is 0 Å². The maximum atomic E-state index is 12.0. The SMILES string of the molecule is CC1CCCN1C(=O)COc1nc2ccccc2s1. The number of likely N-dealkylation sites (tertiary alicyclic amines) is 1. The molecule has 0 bridgehead atoms. The molecule has 0 N–H and O–H groups in total. The van der Waals surface area contributed by atoms with Crippen LogP contribution in [0.1, 0.15) is 19.8 Å². The molecule has 1 aliphatic rings. The minimum atomic E-state index is 0.0595. The number of benzene rings is 1. The van der Waals surface area contributed by atoms with Gasteiger partial charge in [-0.25, -0.2) is 4.98 Å². The van der Waals surface area contributed by atoms with Crippen LogP contribution in [0, 0.1) is 0 Å². The maximum absolute atomic E-state index is 12.0. The van der Waals surface area contributed by atoms with Crippen LogP contribution >= 0.6 is 11.3 Å². The molecule has 1 aromatic heterocycles. The molecule has 0 saturated carbocycles. The Kier molecular flexibility index (Phi) is 3.38. The van der Waals surface area contributed by atoms with Gasteiger partial charge in [-0.2, -0.15) is 0 Å². The molecule has 2 aromatic rings. The van der Waals surface area contributed by atoms with Crippen molar-refractivity contribution in [2.45, 2.75) is 25.8 Å². The molecule has 2 heterocycles. The van der Waals surface area contributed by atoms with Gasteiger partial charge in [-0.3, -0.25) is 4.79 Å². The fourth-order valence-electron chi connectivity index (χ4n) is 2.42. The Bertz CT molecular complexity index is 563. The third-order valence-electron chi connectivity index (χ3n) is 3.47. The molecule has 4 nitrogen and oxygen atoms in total. The van der Waals surface area contributed by atoms with Crippen molar-refractivity contribution in [2.75, 3.05) is 13.2 Å². The Morgan fingerprint density at radius 1 is 1.53 bits per heavy atom. The van der Waals surface area contributed by atoms with Gasteiger partial charge in [0.05, 0.1) is 10.2 Å². The van der Waals surface area contributed by atoms with Gasteiger partial charge >= 0.3 is 0 Å². The molecule has 1 amide bonds. The van der Waals surface area contributed by atoms with Crippen molar-refractivity contribution in [3.63, 3.8) is 0 Å². The highest BCUT2D eigenvalue weighted by Crippen LogP contribution is 2.27. The highest BCUT2D eigenvalue weighted by Gasteiger charge is 2.25. The molecule has 100 valence electrons. The third kappa shape index (κ3) is 2.56. The number of aromatic nitrogens is 1. The van der Waals surface area contributed by atoms with Crippen LogP contribution in [-0.4, -0.2) is 35.0 Å².